The van der Waals surface area contributed by atoms with Gasteiger partial charge in [-0.3, -0.25) is 5.43 Å². The summed E-state index contributed by atoms with van der Waals surface area (Å²) in [6.45, 7) is 3.65. The number of esters is 1. The molecule has 1 aliphatic rings. The molecular weight excluding hydrogens is 548 g/mol. The summed E-state index contributed by atoms with van der Waals surface area (Å²) < 4.78 is 22.5. The number of aliphatic hydroxyl groups is 1. The van der Waals surface area contributed by atoms with Crippen LogP contribution >= 0.6 is 15.9 Å². The minimum absolute atomic E-state index is 0.136. The maximum atomic E-state index is 12.4. The van der Waals surface area contributed by atoms with E-state index in [4.69, 9.17) is 18.9 Å². The van der Waals surface area contributed by atoms with E-state index in [1.165, 1.54) is 13.3 Å². The number of rotatable bonds is 11. The van der Waals surface area contributed by atoms with Crippen molar-refractivity contribution in [1.29, 1.82) is 0 Å². The molecule has 1 heterocycles. The topological polar surface area (TPSA) is 140 Å². The predicted octanol–water partition coefficient (Wildman–Crippen LogP) is 2.98. The molecular formula is C25H29BrN4O7. The molecule has 198 valence electrons. The molecule has 0 saturated heterocycles. The summed E-state index contributed by atoms with van der Waals surface area (Å²) in [5, 5.41) is 19.7. The Balaban J connectivity index is 1.72. The molecule has 12 heteroatoms. The van der Waals surface area contributed by atoms with E-state index in [9.17, 15) is 14.7 Å². The minimum Gasteiger partial charge on any atom is -0.496 e. The van der Waals surface area contributed by atoms with Gasteiger partial charge in [0.05, 0.1) is 38.7 Å². The fraction of sp³-hybridized carbons (Fsp3) is 0.320. The second kappa shape index (κ2) is 13.0. The second-order valence-corrected chi connectivity index (χ2v) is 8.72. The van der Waals surface area contributed by atoms with E-state index in [2.05, 4.69) is 37.1 Å². The van der Waals surface area contributed by atoms with E-state index < -0.39 is 24.3 Å². The van der Waals surface area contributed by atoms with Gasteiger partial charge in [0.15, 0.2) is 17.7 Å². The number of allylic oxidation sites excluding steroid dienone is 1. The van der Waals surface area contributed by atoms with Crippen molar-refractivity contribution >= 4 is 34.1 Å². The molecule has 0 radical (unpaired) electrons. The molecule has 0 aliphatic carbocycles. The van der Waals surface area contributed by atoms with Crippen LogP contribution in [-0.2, 0) is 9.53 Å². The molecule has 0 spiro atoms. The molecule has 2 atom stereocenters. The van der Waals surface area contributed by atoms with E-state index in [1.54, 1.807) is 38.3 Å². The molecule has 37 heavy (non-hydrogen) atoms. The fourth-order valence-corrected chi connectivity index (χ4v) is 4.00. The van der Waals surface area contributed by atoms with Crippen molar-refractivity contribution < 1.29 is 33.6 Å². The Morgan fingerprint density at radius 3 is 2.65 bits per heavy atom. The van der Waals surface area contributed by atoms with E-state index in [0.29, 0.717) is 40.7 Å². The normalized spacial score (nSPS) is 16.1. The molecule has 3 rings (SSSR count). The number of nitrogens with one attached hydrogen (secondary N) is 3. The van der Waals surface area contributed by atoms with Crippen molar-refractivity contribution in [3.05, 3.63) is 63.3 Å². The van der Waals surface area contributed by atoms with Gasteiger partial charge in [-0.2, -0.15) is 5.10 Å². The fourth-order valence-electron chi connectivity index (χ4n) is 3.62. The number of hydrazone groups is 1. The number of ether oxygens (including phenoxy) is 4. The minimum atomic E-state index is -1.12. The molecule has 2 aromatic carbocycles. The van der Waals surface area contributed by atoms with Crippen LogP contribution in [0.5, 0.6) is 17.2 Å². The average molecular weight is 577 g/mol. The summed E-state index contributed by atoms with van der Waals surface area (Å²) in [5.41, 5.74) is 4.58. The van der Waals surface area contributed by atoms with E-state index in [1.807, 2.05) is 19.1 Å². The Morgan fingerprint density at radius 2 is 1.95 bits per heavy atom. The van der Waals surface area contributed by atoms with Crippen LogP contribution in [0.2, 0.25) is 0 Å². The molecule has 0 bridgehead atoms. The van der Waals surface area contributed by atoms with Gasteiger partial charge in [-0.15, -0.1) is 0 Å². The second-order valence-electron chi connectivity index (χ2n) is 7.80. The number of amides is 2. The molecule has 11 nitrogen and oxygen atoms in total. The van der Waals surface area contributed by atoms with Crippen molar-refractivity contribution in [1.82, 2.24) is 16.1 Å². The van der Waals surface area contributed by atoms with Gasteiger partial charge in [0.25, 0.3) is 0 Å². The van der Waals surface area contributed by atoms with Gasteiger partial charge in [-0.05, 0) is 49.7 Å². The highest BCUT2D eigenvalue weighted by Crippen LogP contribution is 2.35. The van der Waals surface area contributed by atoms with Crippen LogP contribution in [-0.4, -0.2) is 57.0 Å². The maximum Gasteiger partial charge on any atom is 0.337 e. The summed E-state index contributed by atoms with van der Waals surface area (Å²) in [6, 6.07) is 9.29. The number of hydrogen-bond acceptors (Lipinski definition) is 9. The van der Waals surface area contributed by atoms with Crippen LogP contribution in [0.4, 0.5) is 4.79 Å². The third-order valence-corrected chi connectivity index (χ3v) is 5.78. The van der Waals surface area contributed by atoms with Crippen molar-refractivity contribution in [2.75, 3.05) is 27.4 Å². The van der Waals surface area contributed by atoms with Gasteiger partial charge in [0.1, 0.15) is 12.4 Å². The summed E-state index contributed by atoms with van der Waals surface area (Å²) in [7, 11) is 2.84. The smallest absolute Gasteiger partial charge is 0.337 e. The van der Waals surface area contributed by atoms with E-state index >= 15 is 0 Å². The zero-order valence-electron chi connectivity index (χ0n) is 20.8. The number of nitrogens with zero attached hydrogens (tertiary/aromatic N) is 1. The summed E-state index contributed by atoms with van der Waals surface area (Å²) in [6.07, 6.45) is 0.401. The van der Waals surface area contributed by atoms with Gasteiger partial charge >= 0.3 is 12.0 Å². The number of carbonyl (C=O) groups excluding carboxylic acids is 2. The van der Waals surface area contributed by atoms with Crippen LogP contribution in [0, 0.1) is 0 Å². The lowest BCUT2D eigenvalue weighted by molar-refractivity contribution is -0.136. The van der Waals surface area contributed by atoms with Crippen LogP contribution in [0.1, 0.15) is 31.0 Å². The Bertz CT molecular complexity index is 1200. The van der Waals surface area contributed by atoms with Crippen molar-refractivity contribution in [2.45, 2.75) is 26.1 Å². The number of urea groups is 1. The van der Waals surface area contributed by atoms with Crippen LogP contribution in [0.25, 0.3) is 0 Å². The van der Waals surface area contributed by atoms with Gasteiger partial charge in [-0.1, -0.05) is 22.0 Å². The molecule has 4 N–H and O–H groups in total. The first-order valence-corrected chi connectivity index (χ1v) is 12.1. The van der Waals surface area contributed by atoms with Crippen LogP contribution in [0.15, 0.2) is 57.2 Å². The van der Waals surface area contributed by atoms with E-state index in [0.717, 1.165) is 4.47 Å². The highest BCUT2D eigenvalue weighted by atomic mass is 79.9. The molecule has 0 saturated carbocycles. The monoisotopic (exact) mass is 576 g/mol. The van der Waals surface area contributed by atoms with Gasteiger partial charge in [0.2, 0.25) is 0 Å². The van der Waals surface area contributed by atoms with Crippen molar-refractivity contribution in [3.63, 3.8) is 0 Å². The summed E-state index contributed by atoms with van der Waals surface area (Å²) in [5.74, 6) is 0.809. The highest BCUT2D eigenvalue weighted by Gasteiger charge is 2.32. The third-order valence-electron chi connectivity index (χ3n) is 5.29. The number of hydrogen-bond donors (Lipinski definition) is 4. The summed E-state index contributed by atoms with van der Waals surface area (Å²) in [4.78, 5) is 24.4. The number of benzene rings is 2. The van der Waals surface area contributed by atoms with Gasteiger partial charge < -0.3 is 34.7 Å². The number of methoxy groups -OCH3 is 2. The van der Waals surface area contributed by atoms with Crippen molar-refractivity contribution in [3.8, 4) is 17.2 Å². The lowest BCUT2D eigenvalue weighted by Gasteiger charge is -2.28. The van der Waals surface area contributed by atoms with Gasteiger partial charge in [0, 0.05) is 15.7 Å². The summed E-state index contributed by atoms with van der Waals surface area (Å²) >= 11 is 3.40. The quantitative estimate of drug-likeness (QED) is 0.138. The molecule has 0 unspecified atom stereocenters. The van der Waals surface area contributed by atoms with Crippen LogP contribution < -0.4 is 30.3 Å². The first-order chi connectivity index (χ1) is 17.8. The molecule has 0 fully saturated rings. The Labute approximate surface area is 222 Å². The van der Waals surface area contributed by atoms with Crippen LogP contribution in [0.3, 0.4) is 0 Å². The Kier molecular flexibility index (Phi) is 9.75. The first-order valence-electron chi connectivity index (χ1n) is 11.3. The highest BCUT2D eigenvalue weighted by molar-refractivity contribution is 9.10. The average Bonchev–Trinajstić information content (AvgIpc) is 2.87. The zero-order valence-corrected chi connectivity index (χ0v) is 22.4. The Morgan fingerprint density at radius 1 is 1.19 bits per heavy atom. The van der Waals surface area contributed by atoms with Gasteiger partial charge in [-0.25, -0.2) is 9.59 Å². The molecule has 0 aromatic heterocycles. The largest absolute Gasteiger partial charge is 0.496 e. The zero-order chi connectivity index (χ0) is 26.9. The molecule has 2 aromatic rings. The lowest BCUT2D eigenvalue weighted by atomic mass is 9.95. The number of carbonyl (C=O) groups is 2. The number of aliphatic hydroxyl groups excluding tert-OH is 1. The SMILES string of the molecule is CCOc1cc([C@@H]2NC(=O)NC(C)=C2C(=O)OC)ccc1OC[C@H](O)N/N=C/c1cc(Br)ccc1OC. The third kappa shape index (κ3) is 7.14. The standard InChI is InChI=1S/C25H29BrN4O7/c1-5-36-20-11-15(23-22(24(32)35-4)14(2)28-25(33)29-23)6-8-19(20)37-13-21(31)30-27-12-16-10-17(26)7-9-18(16)34-3/h6-12,21,23,30-31H,5,13H2,1-4H3,(H2,28,29,33)/b27-12+/t21-,23-/m0/s1. The number of halogens is 1. The molecule has 1 aliphatic heterocycles. The predicted molar refractivity (Wildman–Crippen MR) is 140 cm³/mol. The maximum absolute atomic E-state index is 12.4. The molecule has 2 amide bonds. The van der Waals surface area contributed by atoms with E-state index in [-0.39, 0.29) is 12.2 Å². The lowest BCUT2D eigenvalue weighted by Crippen LogP contribution is -2.45. The van der Waals surface area contributed by atoms with Crippen molar-refractivity contribution in [2.24, 2.45) is 5.10 Å². The first kappa shape index (κ1) is 27.8. The Hall–Kier alpha value is -3.77.